The van der Waals surface area contributed by atoms with Crippen molar-refractivity contribution in [1.82, 2.24) is 44.0 Å². The normalized spacial score (nSPS) is 16.6. The molecule has 4 aromatic heterocycles. The maximum atomic E-state index is 13.7. The number of primary amides is 2. The molecule has 0 radical (unpaired) electrons. The predicted molar refractivity (Wildman–Crippen MR) is 213 cm³/mol. The zero-order valence-corrected chi connectivity index (χ0v) is 32.2. The second-order valence-corrected chi connectivity index (χ2v) is 13.9. The summed E-state index contributed by atoms with van der Waals surface area (Å²) in [5, 5.41) is 18.0. The van der Waals surface area contributed by atoms with Gasteiger partial charge < -0.3 is 35.4 Å². The molecular weight excluding hydrogens is 747 g/mol. The third kappa shape index (κ3) is 6.97. The van der Waals surface area contributed by atoms with Crippen molar-refractivity contribution >= 4 is 57.6 Å². The fourth-order valence-electron chi connectivity index (χ4n) is 7.22. The Morgan fingerprint density at radius 2 is 1.26 bits per heavy atom. The van der Waals surface area contributed by atoms with Crippen molar-refractivity contribution in [1.29, 1.82) is 0 Å². The van der Waals surface area contributed by atoms with Crippen molar-refractivity contribution in [3.05, 3.63) is 94.4 Å². The molecule has 19 heteroatoms. The summed E-state index contributed by atoms with van der Waals surface area (Å²) in [5.41, 5.74) is 16.3. The smallest absolute Gasteiger partial charge is 0.276 e. The van der Waals surface area contributed by atoms with Gasteiger partial charge in [-0.25, -0.2) is 9.97 Å². The van der Waals surface area contributed by atoms with Gasteiger partial charge in [0.2, 0.25) is 23.7 Å². The van der Waals surface area contributed by atoms with Gasteiger partial charge in [-0.1, -0.05) is 12.2 Å². The molecule has 58 heavy (non-hydrogen) atoms. The molecule has 4 amide bonds. The van der Waals surface area contributed by atoms with Gasteiger partial charge in [0.05, 0.1) is 34.7 Å². The lowest BCUT2D eigenvalue weighted by molar-refractivity contribution is 0.0991. The number of hydrogen-bond donors (Lipinski definition) is 5. The van der Waals surface area contributed by atoms with Crippen LogP contribution in [0.1, 0.15) is 73.3 Å². The molecule has 7 N–H and O–H groups in total. The lowest BCUT2D eigenvalue weighted by Gasteiger charge is -2.16. The van der Waals surface area contributed by atoms with Gasteiger partial charge >= 0.3 is 0 Å². The summed E-state index contributed by atoms with van der Waals surface area (Å²) < 4.78 is 19.6. The van der Waals surface area contributed by atoms with Crippen LogP contribution in [0.5, 0.6) is 11.5 Å². The molecule has 6 aromatic rings. The molecule has 1 saturated heterocycles. The lowest BCUT2D eigenvalue weighted by atomic mass is 10.1. The summed E-state index contributed by atoms with van der Waals surface area (Å²) in [7, 11) is 0. The number of aryl methyl sites for hydroxylation is 4. The van der Waals surface area contributed by atoms with E-state index in [1.807, 2.05) is 32.9 Å². The lowest BCUT2D eigenvalue weighted by Crippen LogP contribution is -2.21. The SMILES string of the molecule is CCn1nc(C)cc1C(=O)Nc1nc2cc(C(N)=O)cc3c2n1C/C=C/Cn1c(NC(=O)c2cc(C)nn2CC)nc2cc(C(N)=O)cc(c21)O[C@H]1CN/C(=C/O3)C1. The highest BCUT2D eigenvalue weighted by atomic mass is 16.5. The average Bonchev–Trinajstić information content (AvgIpc) is 4.02. The van der Waals surface area contributed by atoms with Crippen LogP contribution in [0.25, 0.3) is 22.1 Å². The van der Waals surface area contributed by atoms with Gasteiger partial charge in [-0.05, 0) is 64.1 Å². The number of carbonyl (C=O) groups excluding carboxylic acids is 4. The molecule has 0 saturated carbocycles. The van der Waals surface area contributed by atoms with Gasteiger partial charge in [0.15, 0.2) is 5.75 Å². The molecule has 2 bridgehead atoms. The average molecular weight is 788 g/mol. The highest BCUT2D eigenvalue weighted by molar-refractivity contribution is 6.05. The molecule has 0 unspecified atom stereocenters. The Kier molecular flexibility index (Phi) is 9.63. The zero-order chi connectivity index (χ0) is 40.8. The minimum absolute atomic E-state index is 0.159. The van der Waals surface area contributed by atoms with Crippen LogP contribution in [0.3, 0.4) is 0 Å². The van der Waals surface area contributed by atoms with Gasteiger partial charge in [0, 0.05) is 43.7 Å². The number of ether oxygens (including phenoxy) is 2. The Bertz CT molecular complexity index is 2730. The largest absolute Gasteiger partial charge is 0.486 e. The molecule has 8 rings (SSSR count). The first-order chi connectivity index (χ1) is 27.9. The van der Waals surface area contributed by atoms with Crippen LogP contribution in [0.4, 0.5) is 11.9 Å². The van der Waals surface area contributed by atoms with Crippen LogP contribution in [-0.2, 0) is 26.2 Å². The summed E-state index contributed by atoms with van der Waals surface area (Å²) in [6, 6.07) is 9.59. The van der Waals surface area contributed by atoms with Crippen LogP contribution in [-0.4, -0.2) is 74.9 Å². The maximum absolute atomic E-state index is 13.7. The quantitative estimate of drug-likeness (QED) is 0.140. The fraction of sp³-hybridized carbons (Fsp3) is 0.282. The standard InChI is InChI=1S/C39H41N13O6/c1-5-51-28(11-20(3)47-51)36(55)45-38-43-26-13-22(34(40)53)15-30-32(26)49(38)9-7-8-10-50-33-27(44-39(50)46-37(56)29-12-21(4)48-52(29)6-2)14-23(35(41)54)16-31(33)58-25-17-24(19-57-30)42-18-25/h7-8,11-16,19,25,42H,5-6,9-10,17-18H2,1-4H3,(H2,40,53)(H2,41,54)(H,43,45,55)(H,44,46,56)/b8-7+,24-19+/t25-/m1/s1. The Labute approximate surface area is 330 Å². The number of nitrogens with two attached hydrogens (primary N) is 2. The van der Waals surface area contributed by atoms with Crippen LogP contribution >= 0.6 is 0 Å². The Hall–Kier alpha value is -7.44. The molecule has 1 fully saturated rings. The van der Waals surface area contributed by atoms with E-state index in [0.29, 0.717) is 82.3 Å². The van der Waals surface area contributed by atoms with Gasteiger partial charge in [-0.3, -0.25) is 39.2 Å². The number of allylic oxidation sites excluding steroid dienone is 2. The molecule has 0 aliphatic carbocycles. The van der Waals surface area contributed by atoms with E-state index in [-0.39, 0.29) is 41.9 Å². The fourth-order valence-corrected chi connectivity index (χ4v) is 7.22. The highest BCUT2D eigenvalue weighted by Gasteiger charge is 2.27. The third-order valence-electron chi connectivity index (χ3n) is 9.87. The Balaban J connectivity index is 1.26. The first-order valence-electron chi connectivity index (χ1n) is 18.7. The van der Waals surface area contributed by atoms with Crippen molar-refractivity contribution in [2.24, 2.45) is 11.5 Å². The van der Waals surface area contributed by atoms with E-state index in [4.69, 9.17) is 30.9 Å². The number of aromatic nitrogens is 8. The topological polar surface area (TPSA) is 246 Å². The minimum atomic E-state index is -0.686. The Morgan fingerprint density at radius 3 is 1.76 bits per heavy atom. The summed E-state index contributed by atoms with van der Waals surface area (Å²) in [6.07, 6.45) is 5.19. The second kappa shape index (κ2) is 14.9. The number of rotatable bonds is 8. The highest BCUT2D eigenvalue weighted by Crippen LogP contribution is 2.35. The monoisotopic (exact) mass is 787 g/mol. The molecule has 2 aromatic carbocycles. The third-order valence-corrected chi connectivity index (χ3v) is 9.87. The summed E-state index contributed by atoms with van der Waals surface area (Å²) in [5.74, 6) is -1.23. The Morgan fingerprint density at radius 1 is 0.759 bits per heavy atom. The minimum Gasteiger partial charge on any atom is -0.486 e. The van der Waals surface area contributed by atoms with Gasteiger partial charge in [-0.2, -0.15) is 10.2 Å². The molecule has 0 spiro atoms. The van der Waals surface area contributed by atoms with E-state index >= 15 is 0 Å². The van der Waals surface area contributed by atoms with Gasteiger partial charge in [0.1, 0.15) is 40.5 Å². The molecular formula is C39H41N13O6. The van der Waals surface area contributed by atoms with Crippen LogP contribution in [0.2, 0.25) is 0 Å². The van der Waals surface area contributed by atoms with Crippen molar-refractivity contribution in [3.8, 4) is 11.5 Å². The van der Waals surface area contributed by atoms with Gasteiger partial charge in [0.25, 0.3) is 11.8 Å². The van der Waals surface area contributed by atoms with Gasteiger partial charge in [-0.15, -0.1) is 0 Å². The molecule has 2 aliphatic heterocycles. The molecule has 1 atom stereocenters. The first-order valence-corrected chi connectivity index (χ1v) is 18.7. The number of nitrogens with zero attached hydrogens (tertiary/aromatic N) is 8. The van der Waals surface area contributed by atoms with E-state index < -0.39 is 29.7 Å². The van der Waals surface area contributed by atoms with Crippen LogP contribution < -0.4 is 36.9 Å². The molecule has 2 aliphatic rings. The van der Waals surface area contributed by atoms with Crippen molar-refractivity contribution < 1.29 is 28.7 Å². The molecule has 6 heterocycles. The van der Waals surface area contributed by atoms with Crippen molar-refractivity contribution in [2.75, 3.05) is 17.2 Å². The first kappa shape index (κ1) is 37.5. The number of fused-ring (bicyclic) bond motifs is 2. The second-order valence-electron chi connectivity index (χ2n) is 13.9. The number of nitrogens with one attached hydrogen (secondary N) is 3. The summed E-state index contributed by atoms with van der Waals surface area (Å²) in [4.78, 5) is 62.0. The summed E-state index contributed by atoms with van der Waals surface area (Å²) >= 11 is 0. The zero-order valence-electron chi connectivity index (χ0n) is 32.2. The number of carbonyl (C=O) groups is 4. The van der Waals surface area contributed by atoms with E-state index in [1.165, 1.54) is 12.3 Å². The van der Waals surface area contributed by atoms with E-state index in [0.717, 1.165) is 0 Å². The van der Waals surface area contributed by atoms with Crippen molar-refractivity contribution in [2.45, 2.75) is 66.4 Å². The number of imidazole rings is 2. The number of hydrogen-bond acceptors (Lipinski definition) is 11. The molecule has 19 nitrogen and oxygen atoms in total. The van der Waals surface area contributed by atoms with Crippen molar-refractivity contribution in [3.63, 3.8) is 0 Å². The summed E-state index contributed by atoms with van der Waals surface area (Å²) in [6.45, 7) is 9.08. The predicted octanol–water partition coefficient (Wildman–Crippen LogP) is 3.37. The number of benzene rings is 2. The van der Waals surface area contributed by atoms with Crippen LogP contribution in [0.15, 0.2) is 60.5 Å². The van der Waals surface area contributed by atoms with E-state index in [1.54, 1.807) is 55.8 Å². The molecule has 298 valence electrons. The number of anilines is 2. The van der Waals surface area contributed by atoms with Crippen LogP contribution in [0, 0.1) is 13.8 Å². The number of amides is 4. The van der Waals surface area contributed by atoms with E-state index in [2.05, 4.69) is 26.1 Å². The van der Waals surface area contributed by atoms with E-state index in [9.17, 15) is 19.2 Å². The maximum Gasteiger partial charge on any atom is 0.276 e.